The number of pyridine rings is 1. The van der Waals surface area contributed by atoms with Gasteiger partial charge in [0, 0.05) is 44.6 Å². The molecule has 1 aromatic heterocycles. The fourth-order valence-electron chi connectivity index (χ4n) is 2.43. The maximum absolute atomic E-state index is 12.3. The van der Waals surface area contributed by atoms with Gasteiger partial charge in [-0.05, 0) is 31.5 Å². The number of aryl methyl sites for hydroxylation is 1. The van der Waals surface area contributed by atoms with Crippen LogP contribution >= 0.6 is 0 Å². The molecule has 110 valence electrons. The lowest BCUT2D eigenvalue weighted by Crippen LogP contribution is -2.50. The summed E-state index contributed by atoms with van der Waals surface area (Å²) in [6, 6.07) is 3.74. The van der Waals surface area contributed by atoms with Crippen molar-refractivity contribution in [2.75, 3.05) is 39.3 Å². The van der Waals surface area contributed by atoms with Crippen molar-refractivity contribution in [3.8, 4) is 0 Å². The Balaban J connectivity index is 1.87. The first-order valence-corrected chi connectivity index (χ1v) is 7.24. The van der Waals surface area contributed by atoms with Gasteiger partial charge in [0.2, 0.25) is 0 Å². The van der Waals surface area contributed by atoms with Crippen LogP contribution in [0.1, 0.15) is 23.0 Å². The number of aromatic nitrogens is 1. The zero-order valence-corrected chi connectivity index (χ0v) is 12.4. The minimum absolute atomic E-state index is 0.0871. The number of hydrogen-bond acceptors (Lipinski definition) is 4. The van der Waals surface area contributed by atoms with Crippen LogP contribution < -0.4 is 5.73 Å². The summed E-state index contributed by atoms with van der Waals surface area (Å²) in [5, 5.41) is 0. The van der Waals surface area contributed by atoms with Crippen molar-refractivity contribution in [1.82, 2.24) is 14.8 Å². The van der Waals surface area contributed by atoms with E-state index in [1.807, 2.05) is 24.0 Å². The zero-order valence-electron chi connectivity index (χ0n) is 12.4. The van der Waals surface area contributed by atoms with E-state index in [-0.39, 0.29) is 5.91 Å². The van der Waals surface area contributed by atoms with Gasteiger partial charge in [-0.15, -0.1) is 0 Å². The Hall–Kier alpha value is -1.46. The summed E-state index contributed by atoms with van der Waals surface area (Å²) >= 11 is 0. The summed E-state index contributed by atoms with van der Waals surface area (Å²) in [5.41, 5.74) is 7.27. The van der Waals surface area contributed by atoms with Gasteiger partial charge < -0.3 is 10.6 Å². The number of nitrogens with zero attached hydrogens (tertiary/aromatic N) is 3. The highest BCUT2D eigenvalue weighted by Crippen LogP contribution is 2.10. The van der Waals surface area contributed by atoms with Crippen molar-refractivity contribution >= 4 is 5.91 Å². The predicted molar refractivity (Wildman–Crippen MR) is 79.5 cm³/mol. The fourth-order valence-corrected chi connectivity index (χ4v) is 2.43. The van der Waals surface area contributed by atoms with Gasteiger partial charge in [0.1, 0.15) is 0 Å². The van der Waals surface area contributed by atoms with Crippen molar-refractivity contribution in [2.24, 2.45) is 11.7 Å². The van der Waals surface area contributed by atoms with Crippen LogP contribution in [0.4, 0.5) is 0 Å². The van der Waals surface area contributed by atoms with E-state index in [1.54, 1.807) is 6.20 Å². The van der Waals surface area contributed by atoms with E-state index in [4.69, 9.17) is 5.73 Å². The van der Waals surface area contributed by atoms with Gasteiger partial charge in [-0.2, -0.15) is 0 Å². The van der Waals surface area contributed by atoms with E-state index >= 15 is 0 Å². The molecule has 2 heterocycles. The van der Waals surface area contributed by atoms with Crippen LogP contribution in [0.5, 0.6) is 0 Å². The largest absolute Gasteiger partial charge is 0.336 e. The number of rotatable bonds is 4. The third-order valence-corrected chi connectivity index (χ3v) is 3.79. The Labute approximate surface area is 120 Å². The molecular weight excluding hydrogens is 252 g/mol. The molecule has 1 saturated heterocycles. The van der Waals surface area contributed by atoms with Crippen molar-refractivity contribution in [3.63, 3.8) is 0 Å². The van der Waals surface area contributed by atoms with Crippen LogP contribution in [-0.4, -0.2) is 60.0 Å². The van der Waals surface area contributed by atoms with Crippen LogP contribution in [0, 0.1) is 12.8 Å². The first-order chi connectivity index (χ1) is 9.60. The molecule has 1 fully saturated rings. The molecule has 20 heavy (non-hydrogen) atoms. The van der Waals surface area contributed by atoms with E-state index in [2.05, 4.69) is 16.8 Å². The summed E-state index contributed by atoms with van der Waals surface area (Å²) in [5.74, 6) is 0.600. The minimum atomic E-state index is 0.0871. The second kappa shape index (κ2) is 6.81. The standard InChI is InChI=1S/C15H24N4O/c1-12(9-16)11-18-5-7-19(8-6-18)15(20)14-4-3-13(2)17-10-14/h3-4,10,12H,5-9,11,16H2,1-2H3. The van der Waals surface area contributed by atoms with Gasteiger partial charge in [-0.1, -0.05) is 6.92 Å². The number of amides is 1. The topological polar surface area (TPSA) is 62.5 Å². The molecule has 0 radical (unpaired) electrons. The van der Waals surface area contributed by atoms with Crippen LogP contribution in [-0.2, 0) is 0 Å². The molecule has 1 aliphatic heterocycles. The number of piperazine rings is 1. The highest BCUT2D eigenvalue weighted by Gasteiger charge is 2.22. The van der Waals surface area contributed by atoms with Gasteiger partial charge in [-0.25, -0.2) is 0 Å². The van der Waals surface area contributed by atoms with Gasteiger partial charge in [0.15, 0.2) is 0 Å². The first kappa shape index (κ1) is 14.9. The summed E-state index contributed by atoms with van der Waals surface area (Å²) in [4.78, 5) is 20.8. The molecule has 5 nitrogen and oxygen atoms in total. The van der Waals surface area contributed by atoms with Crippen LogP contribution in [0.3, 0.4) is 0 Å². The second-order valence-electron chi connectivity index (χ2n) is 5.62. The van der Waals surface area contributed by atoms with E-state index in [1.165, 1.54) is 0 Å². The quantitative estimate of drug-likeness (QED) is 0.881. The SMILES string of the molecule is Cc1ccc(C(=O)N2CCN(CC(C)CN)CC2)cn1. The highest BCUT2D eigenvalue weighted by molar-refractivity contribution is 5.94. The molecule has 1 unspecified atom stereocenters. The van der Waals surface area contributed by atoms with E-state index in [9.17, 15) is 4.79 Å². The molecular formula is C15H24N4O. The van der Waals surface area contributed by atoms with Gasteiger partial charge >= 0.3 is 0 Å². The van der Waals surface area contributed by atoms with Gasteiger partial charge in [-0.3, -0.25) is 14.7 Å². The number of nitrogens with two attached hydrogens (primary N) is 1. The monoisotopic (exact) mass is 276 g/mol. The average molecular weight is 276 g/mol. The first-order valence-electron chi connectivity index (χ1n) is 7.24. The Bertz CT molecular complexity index is 438. The molecule has 0 aliphatic carbocycles. The average Bonchev–Trinajstić information content (AvgIpc) is 2.48. The molecule has 2 N–H and O–H groups in total. The lowest BCUT2D eigenvalue weighted by Gasteiger charge is -2.35. The van der Waals surface area contributed by atoms with Crippen molar-refractivity contribution < 1.29 is 4.79 Å². The fraction of sp³-hybridized carbons (Fsp3) is 0.600. The summed E-state index contributed by atoms with van der Waals surface area (Å²) in [6.45, 7) is 9.23. The van der Waals surface area contributed by atoms with E-state index < -0.39 is 0 Å². The van der Waals surface area contributed by atoms with Crippen LogP contribution in [0.2, 0.25) is 0 Å². The number of carbonyl (C=O) groups is 1. The van der Waals surface area contributed by atoms with Gasteiger partial charge in [0.25, 0.3) is 5.91 Å². The molecule has 0 spiro atoms. The van der Waals surface area contributed by atoms with Gasteiger partial charge in [0.05, 0.1) is 5.56 Å². The molecule has 5 heteroatoms. The molecule has 1 atom stereocenters. The molecule has 0 saturated carbocycles. The Morgan fingerprint density at radius 1 is 1.35 bits per heavy atom. The molecule has 1 aromatic rings. The molecule has 2 rings (SSSR count). The number of carbonyl (C=O) groups excluding carboxylic acids is 1. The molecule has 0 bridgehead atoms. The van der Waals surface area contributed by atoms with Crippen molar-refractivity contribution in [3.05, 3.63) is 29.6 Å². The maximum atomic E-state index is 12.3. The van der Waals surface area contributed by atoms with Crippen LogP contribution in [0.15, 0.2) is 18.3 Å². The summed E-state index contributed by atoms with van der Waals surface area (Å²) < 4.78 is 0. The maximum Gasteiger partial charge on any atom is 0.255 e. The molecule has 1 amide bonds. The van der Waals surface area contributed by atoms with Crippen LogP contribution in [0.25, 0.3) is 0 Å². The lowest BCUT2D eigenvalue weighted by molar-refractivity contribution is 0.0621. The smallest absolute Gasteiger partial charge is 0.255 e. The Morgan fingerprint density at radius 2 is 2.05 bits per heavy atom. The predicted octanol–water partition coefficient (Wildman–Crippen LogP) is 0.743. The second-order valence-corrected chi connectivity index (χ2v) is 5.62. The lowest BCUT2D eigenvalue weighted by atomic mass is 10.1. The molecule has 0 aromatic carbocycles. The third-order valence-electron chi connectivity index (χ3n) is 3.79. The number of hydrogen-bond donors (Lipinski definition) is 1. The Kier molecular flexibility index (Phi) is 5.09. The summed E-state index contributed by atoms with van der Waals surface area (Å²) in [6.07, 6.45) is 1.67. The highest BCUT2D eigenvalue weighted by atomic mass is 16.2. The normalized spacial score (nSPS) is 18.1. The summed E-state index contributed by atoms with van der Waals surface area (Å²) in [7, 11) is 0. The minimum Gasteiger partial charge on any atom is -0.336 e. The Morgan fingerprint density at radius 3 is 2.60 bits per heavy atom. The third kappa shape index (κ3) is 3.77. The zero-order chi connectivity index (χ0) is 14.5. The van der Waals surface area contributed by atoms with E-state index in [0.29, 0.717) is 18.0 Å². The van der Waals surface area contributed by atoms with E-state index in [0.717, 1.165) is 38.4 Å². The molecule has 1 aliphatic rings. The van der Waals surface area contributed by atoms with Crippen molar-refractivity contribution in [1.29, 1.82) is 0 Å². The van der Waals surface area contributed by atoms with Crippen molar-refractivity contribution in [2.45, 2.75) is 13.8 Å².